The molecule has 1 aliphatic heterocycles. The molecule has 10 heteroatoms. The largest absolute Gasteiger partial charge is 0.493 e. The number of Topliss-reactive ketones (excluding diaryl/α,β-unsaturated/α-hetero) is 1. The van der Waals surface area contributed by atoms with Gasteiger partial charge in [-0.25, -0.2) is 4.39 Å². The number of ether oxygens (including phenoxy) is 3. The maximum atomic E-state index is 15.1. The minimum absolute atomic E-state index is 0.0346. The molecule has 2 heterocycles. The molecule has 1 N–H and O–H groups in total. The summed E-state index contributed by atoms with van der Waals surface area (Å²) in [4.78, 5) is 17.2. The second-order valence-corrected chi connectivity index (χ2v) is 10.1. The van der Waals surface area contributed by atoms with Crippen LogP contribution in [0.2, 0.25) is 0 Å². The number of hydrogen-bond donors (Lipinski definition) is 1. The fourth-order valence-corrected chi connectivity index (χ4v) is 4.82. The van der Waals surface area contributed by atoms with Gasteiger partial charge in [-0.3, -0.25) is 9.78 Å². The fourth-order valence-electron chi connectivity index (χ4n) is 4.82. The van der Waals surface area contributed by atoms with Crippen molar-refractivity contribution in [2.75, 3.05) is 14.2 Å². The Labute approximate surface area is 233 Å². The maximum absolute atomic E-state index is 15.1. The lowest BCUT2D eigenvalue weighted by molar-refractivity contribution is -0.183. The third-order valence-electron chi connectivity index (χ3n) is 7.29. The Morgan fingerprint density at radius 1 is 1.07 bits per heavy atom. The molecule has 41 heavy (non-hydrogen) atoms. The molecular formula is C31H26F4N2O4. The number of methoxy groups -OCH3 is 2. The van der Waals surface area contributed by atoms with Crippen molar-refractivity contribution in [3.8, 4) is 22.6 Å². The summed E-state index contributed by atoms with van der Waals surface area (Å²) in [6, 6.07) is 9.84. The first kappa shape index (κ1) is 28.1. The maximum Gasteiger partial charge on any atom is 0.401 e. The van der Waals surface area contributed by atoms with Gasteiger partial charge in [0.2, 0.25) is 0 Å². The highest BCUT2D eigenvalue weighted by Crippen LogP contribution is 2.63. The van der Waals surface area contributed by atoms with Gasteiger partial charge < -0.3 is 19.6 Å². The summed E-state index contributed by atoms with van der Waals surface area (Å²) in [6.45, 7) is 3.59. The van der Waals surface area contributed by atoms with E-state index in [9.17, 15) is 18.0 Å². The highest BCUT2D eigenvalue weighted by Gasteiger charge is 2.67. The summed E-state index contributed by atoms with van der Waals surface area (Å²) >= 11 is 0. The summed E-state index contributed by atoms with van der Waals surface area (Å²) in [5.41, 5.74) is -0.128. The number of fused-ring (bicyclic) bond motifs is 1. The first-order valence-corrected chi connectivity index (χ1v) is 12.7. The standard InChI is InChI=1S/C31H26F4N2O4/c1-17-8-20(13-29(41-17)30(6-7-30)31(33,34)35)25(36)14-23(38)10-19-5-4-18(11-24(19)32)22-9-21-12-27(39-2)28(40-3)15-26(21)37-16-22/h4-5,8-9,11-13,15-16,36H,1,6-7,10,14H2,2-3H3. The van der Waals surface area contributed by atoms with E-state index in [-0.39, 0.29) is 54.0 Å². The van der Waals surface area contributed by atoms with Crippen LogP contribution in [0.25, 0.3) is 22.0 Å². The van der Waals surface area contributed by atoms with E-state index in [1.807, 2.05) is 6.07 Å². The second-order valence-electron chi connectivity index (χ2n) is 10.1. The van der Waals surface area contributed by atoms with Crippen molar-refractivity contribution in [2.24, 2.45) is 5.41 Å². The molecule has 0 saturated heterocycles. The van der Waals surface area contributed by atoms with Crippen molar-refractivity contribution in [3.63, 3.8) is 0 Å². The highest BCUT2D eigenvalue weighted by atomic mass is 19.4. The van der Waals surface area contributed by atoms with Crippen LogP contribution < -0.4 is 9.47 Å². The molecule has 1 aliphatic carbocycles. The van der Waals surface area contributed by atoms with E-state index in [1.165, 1.54) is 32.4 Å². The van der Waals surface area contributed by atoms with E-state index in [2.05, 4.69) is 11.6 Å². The van der Waals surface area contributed by atoms with E-state index < -0.39 is 23.2 Å². The number of alkyl halides is 3. The van der Waals surface area contributed by atoms with Crippen molar-refractivity contribution in [3.05, 3.63) is 89.8 Å². The summed E-state index contributed by atoms with van der Waals surface area (Å²) in [6.07, 6.45) is -1.29. The van der Waals surface area contributed by atoms with Gasteiger partial charge in [0.05, 0.1) is 19.7 Å². The first-order chi connectivity index (χ1) is 19.4. The van der Waals surface area contributed by atoms with E-state index in [4.69, 9.17) is 19.6 Å². The van der Waals surface area contributed by atoms with E-state index in [0.717, 1.165) is 11.5 Å². The molecule has 3 aromatic rings. The number of pyridine rings is 1. The number of carbonyl (C=O) groups is 1. The molecule has 0 unspecified atom stereocenters. The highest BCUT2D eigenvalue weighted by molar-refractivity contribution is 6.11. The quantitative estimate of drug-likeness (QED) is 0.218. The molecule has 0 amide bonds. The number of ketones is 1. The molecule has 0 atom stereocenters. The number of halogens is 4. The van der Waals surface area contributed by atoms with Gasteiger partial charge in [0.25, 0.3) is 0 Å². The normalized spacial score (nSPS) is 16.0. The van der Waals surface area contributed by atoms with Gasteiger partial charge in [0.1, 0.15) is 28.5 Å². The van der Waals surface area contributed by atoms with Crippen molar-refractivity contribution >= 4 is 22.4 Å². The van der Waals surface area contributed by atoms with Crippen LogP contribution in [-0.2, 0) is 16.0 Å². The molecule has 2 aromatic carbocycles. The predicted molar refractivity (Wildman–Crippen MR) is 145 cm³/mol. The fraction of sp³-hybridized carbons (Fsp3) is 0.258. The zero-order valence-electron chi connectivity index (χ0n) is 22.3. The van der Waals surface area contributed by atoms with Gasteiger partial charge in [-0.05, 0) is 54.3 Å². The smallest absolute Gasteiger partial charge is 0.401 e. The summed E-state index contributed by atoms with van der Waals surface area (Å²) in [5.74, 6) is -0.336. The monoisotopic (exact) mass is 566 g/mol. The van der Waals surface area contributed by atoms with Crippen LogP contribution >= 0.6 is 0 Å². The van der Waals surface area contributed by atoms with Crippen molar-refractivity contribution in [2.45, 2.75) is 31.9 Å². The second kappa shape index (κ2) is 10.5. The SMILES string of the molecule is C=C1C=C(C(=N)CC(=O)Cc2ccc(-c3cnc4cc(OC)c(OC)cc4c3)cc2F)C=C(C2(C(F)(F)F)CC2)O1. The third kappa shape index (κ3) is 5.46. The molecule has 5 rings (SSSR count). The number of hydrogen-bond acceptors (Lipinski definition) is 6. The van der Waals surface area contributed by atoms with Crippen LogP contribution in [0.5, 0.6) is 11.5 Å². The Balaban J connectivity index is 1.29. The lowest BCUT2D eigenvalue weighted by atomic mass is 9.94. The molecule has 0 bridgehead atoms. The zero-order valence-corrected chi connectivity index (χ0v) is 22.3. The average molecular weight is 567 g/mol. The number of benzene rings is 2. The van der Waals surface area contributed by atoms with Crippen molar-refractivity contribution < 1.29 is 36.6 Å². The number of allylic oxidation sites excluding steroid dienone is 4. The molecular weight excluding hydrogens is 540 g/mol. The molecule has 2 aliphatic rings. The molecule has 0 radical (unpaired) electrons. The summed E-state index contributed by atoms with van der Waals surface area (Å²) in [5, 5.41) is 9.10. The van der Waals surface area contributed by atoms with Crippen molar-refractivity contribution in [1.82, 2.24) is 4.98 Å². The van der Waals surface area contributed by atoms with Crippen LogP contribution in [0.4, 0.5) is 17.6 Å². The average Bonchev–Trinajstić information content (AvgIpc) is 3.75. The van der Waals surface area contributed by atoms with E-state index in [1.54, 1.807) is 24.4 Å². The Bertz CT molecular complexity index is 1650. The lowest BCUT2D eigenvalue weighted by Gasteiger charge is -2.26. The summed E-state index contributed by atoms with van der Waals surface area (Å²) < 4.78 is 71.6. The molecule has 0 spiro atoms. The Kier molecular flexibility index (Phi) is 7.19. The Hall–Kier alpha value is -4.47. The Morgan fingerprint density at radius 2 is 1.78 bits per heavy atom. The van der Waals surface area contributed by atoms with Crippen molar-refractivity contribution in [1.29, 1.82) is 5.41 Å². The van der Waals surface area contributed by atoms with Crippen LogP contribution in [-0.4, -0.2) is 36.9 Å². The molecule has 6 nitrogen and oxygen atoms in total. The van der Waals surface area contributed by atoms with Crippen LogP contribution in [0.1, 0.15) is 24.8 Å². The van der Waals surface area contributed by atoms with Crippen LogP contribution in [0, 0.1) is 16.6 Å². The number of rotatable bonds is 9. The van der Waals surface area contributed by atoms with E-state index >= 15 is 4.39 Å². The van der Waals surface area contributed by atoms with Crippen LogP contribution in [0.15, 0.2) is 78.4 Å². The topological polar surface area (TPSA) is 81.5 Å². The third-order valence-corrected chi connectivity index (χ3v) is 7.29. The number of carbonyl (C=O) groups excluding carboxylic acids is 1. The number of aromatic nitrogens is 1. The minimum Gasteiger partial charge on any atom is -0.493 e. The van der Waals surface area contributed by atoms with E-state index in [0.29, 0.717) is 28.1 Å². The predicted octanol–water partition coefficient (Wildman–Crippen LogP) is 7.28. The molecule has 1 fully saturated rings. The Morgan fingerprint density at radius 3 is 2.41 bits per heavy atom. The minimum atomic E-state index is -4.49. The number of nitrogens with one attached hydrogen (secondary N) is 1. The van der Waals surface area contributed by atoms with Gasteiger partial charge in [-0.2, -0.15) is 13.2 Å². The lowest BCUT2D eigenvalue weighted by Crippen LogP contribution is -2.29. The molecule has 212 valence electrons. The summed E-state index contributed by atoms with van der Waals surface area (Å²) in [7, 11) is 3.06. The molecule has 1 saturated carbocycles. The first-order valence-electron chi connectivity index (χ1n) is 12.7. The van der Waals surface area contributed by atoms with Gasteiger partial charge in [0.15, 0.2) is 11.5 Å². The van der Waals surface area contributed by atoms with Gasteiger partial charge in [-0.15, -0.1) is 0 Å². The van der Waals surface area contributed by atoms with Gasteiger partial charge in [0, 0.05) is 47.3 Å². The number of nitrogens with zero attached hydrogens (tertiary/aromatic N) is 1. The van der Waals surface area contributed by atoms with Crippen LogP contribution in [0.3, 0.4) is 0 Å². The van der Waals surface area contributed by atoms with Gasteiger partial charge >= 0.3 is 6.18 Å². The zero-order chi connectivity index (χ0) is 29.5. The molecule has 1 aromatic heterocycles. The van der Waals surface area contributed by atoms with Gasteiger partial charge in [-0.1, -0.05) is 18.7 Å².